The van der Waals surface area contributed by atoms with Crippen LogP contribution in [0.3, 0.4) is 0 Å². The second-order valence-corrected chi connectivity index (χ2v) is 10.1. The van der Waals surface area contributed by atoms with Crippen molar-refractivity contribution in [2.24, 2.45) is 0 Å². The lowest BCUT2D eigenvalue weighted by molar-refractivity contribution is 0.0672. The van der Waals surface area contributed by atoms with Crippen molar-refractivity contribution in [2.75, 3.05) is 0 Å². The first-order chi connectivity index (χ1) is 25.3. The normalized spacial score (nSPS) is 9.78. The van der Waals surface area contributed by atoms with Crippen molar-refractivity contribution in [3.8, 4) is 0 Å². The minimum atomic E-state index is -2.08. The van der Waals surface area contributed by atoms with E-state index >= 15 is 0 Å². The first kappa shape index (κ1) is 45.2. The van der Waals surface area contributed by atoms with Gasteiger partial charge in [-0.2, -0.15) is 0 Å². The van der Waals surface area contributed by atoms with Crippen LogP contribution in [0.2, 0.25) is 0 Å². The molecule has 0 fully saturated rings. The quantitative estimate of drug-likeness (QED) is 0.0709. The molecule has 0 aliphatic heterocycles. The Morgan fingerprint density at radius 2 is 0.815 bits per heavy atom. The number of carboxylic acids is 4. The first-order valence-corrected chi connectivity index (χ1v) is 14.6. The molecule has 0 aromatic heterocycles. The van der Waals surface area contributed by atoms with Crippen molar-refractivity contribution in [3.63, 3.8) is 0 Å². The Labute approximate surface area is 301 Å². The molecule has 54 heavy (non-hydrogen) atoms. The maximum atomic E-state index is 13.2. The number of hydrogen-bond donors (Lipinski definition) is 4. The standard InChI is InChI=1S/C10H6F4O2.C10H10O2.C9H4F4O2.C9H8O2/c1-2-3-4-6(11)8(13)5(10(15)16)9(14)7(4)12;1-2-3-8-4-6-9(7-5-8)10(11)12;1-2-3-5(10)7(12)4(9(14)15)8(13)6(3)11;1-2-7-3-5-8(6-4-7)9(10)11/h2H,1,3H2,(H,15,16);2,4-7H,1,3H2,(H,11,12);2H,1H2,(H,14,15);2-6H,1H2,(H,10,11). The summed E-state index contributed by atoms with van der Waals surface area (Å²) in [6.07, 6.45) is 5.40. The zero-order chi connectivity index (χ0) is 41.4. The van der Waals surface area contributed by atoms with Gasteiger partial charge in [0, 0.05) is 5.56 Å². The average Bonchev–Trinajstić information content (AvgIpc) is 3.13. The molecule has 4 rings (SSSR count). The third-order valence-corrected chi connectivity index (χ3v) is 6.61. The minimum Gasteiger partial charge on any atom is -0.478 e. The number of halogens is 8. The Morgan fingerprint density at radius 1 is 0.463 bits per heavy atom. The Balaban J connectivity index is 0.000000364. The van der Waals surface area contributed by atoms with Crippen molar-refractivity contribution in [1.29, 1.82) is 0 Å². The maximum Gasteiger partial charge on any atom is 0.341 e. The monoisotopic (exact) mass is 764 g/mol. The van der Waals surface area contributed by atoms with Crippen LogP contribution in [0.4, 0.5) is 35.1 Å². The molecule has 0 saturated heterocycles. The average molecular weight is 765 g/mol. The van der Waals surface area contributed by atoms with E-state index in [9.17, 15) is 54.3 Å². The summed E-state index contributed by atoms with van der Waals surface area (Å²) >= 11 is 0. The van der Waals surface area contributed by atoms with E-state index < -0.39 is 99.1 Å². The van der Waals surface area contributed by atoms with Crippen LogP contribution >= 0.6 is 0 Å². The van der Waals surface area contributed by atoms with Gasteiger partial charge in [0.15, 0.2) is 46.5 Å². The molecule has 0 aliphatic carbocycles. The van der Waals surface area contributed by atoms with E-state index in [4.69, 9.17) is 20.4 Å². The number of aromatic carboxylic acids is 4. The molecule has 0 heterocycles. The highest BCUT2D eigenvalue weighted by molar-refractivity contribution is 5.89. The van der Waals surface area contributed by atoms with Gasteiger partial charge in [0.05, 0.1) is 16.7 Å². The molecule has 16 heteroatoms. The number of allylic oxidation sites excluding steroid dienone is 2. The number of hydrogen-bond acceptors (Lipinski definition) is 4. The van der Waals surface area contributed by atoms with Gasteiger partial charge in [-0.25, -0.2) is 54.3 Å². The Morgan fingerprint density at radius 3 is 1.11 bits per heavy atom. The fourth-order valence-corrected chi connectivity index (χ4v) is 3.92. The van der Waals surface area contributed by atoms with Crippen LogP contribution in [0.1, 0.15) is 63.7 Å². The summed E-state index contributed by atoms with van der Waals surface area (Å²) in [6.45, 7) is 13.3. The first-order valence-electron chi connectivity index (χ1n) is 14.6. The zero-order valence-electron chi connectivity index (χ0n) is 27.6. The van der Waals surface area contributed by atoms with Gasteiger partial charge in [-0.05, 0) is 48.2 Å². The second kappa shape index (κ2) is 20.9. The summed E-state index contributed by atoms with van der Waals surface area (Å²) in [4.78, 5) is 41.5. The van der Waals surface area contributed by atoms with Crippen LogP contribution in [0.15, 0.2) is 87.0 Å². The van der Waals surface area contributed by atoms with Crippen molar-refractivity contribution >= 4 is 36.0 Å². The van der Waals surface area contributed by atoms with Crippen LogP contribution in [-0.4, -0.2) is 44.3 Å². The maximum absolute atomic E-state index is 13.2. The summed E-state index contributed by atoms with van der Waals surface area (Å²) in [5.74, 6) is -20.6. The third-order valence-electron chi connectivity index (χ3n) is 6.61. The highest BCUT2D eigenvalue weighted by Crippen LogP contribution is 2.26. The van der Waals surface area contributed by atoms with Gasteiger partial charge in [-0.15, -0.1) is 13.2 Å². The fourth-order valence-electron chi connectivity index (χ4n) is 3.92. The molecule has 4 N–H and O–H groups in total. The van der Waals surface area contributed by atoms with E-state index in [0.29, 0.717) is 17.2 Å². The number of carbonyl (C=O) groups is 4. The number of rotatable bonds is 10. The lowest BCUT2D eigenvalue weighted by atomic mass is 10.1. The fraction of sp³-hybridized carbons (Fsp3) is 0.0526. The van der Waals surface area contributed by atoms with Gasteiger partial charge in [0.25, 0.3) is 0 Å². The van der Waals surface area contributed by atoms with Crippen LogP contribution in [-0.2, 0) is 12.8 Å². The van der Waals surface area contributed by atoms with E-state index in [2.05, 4.69) is 26.3 Å². The van der Waals surface area contributed by atoms with Gasteiger partial charge < -0.3 is 20.4 Å². The van der Waals surface area contributed by atoms with E-state index in [-0.39, 0.29) is 0 Å². The van der Waals surface area contributed by atoms with Crippen LogP contribution in [0.25, 0.3) is 12.2 Å². The van der Waals surface area contributed by atoms with Gasteiger partial charge >= 0.3 is 23.9 Å². The zero-order valence-corrected chi connectivity index (χ0v) is 27.6. The molecule has 0 spiro atoms. The molecule has 0 radical (unpaired) electrons. The molecule has 0 aliphatic rings. The Bertz CT molecular complexity index is 2020. The van der Waals surface area contributed by atoms with Crippen LogP contribution in [0, 0.1) is 46.5 Å². The minimum absolute atomic E-state index is 0.301. The molecule has 0 unspecified atom stereocenters. The van der Waals surface area contributed by atoms with Crippen molar-refractivity contribution in [2.45, 2.75) is 12.8 Å². The summed E-state index contributed by atoms with van der Waals surface area (Å²) in [5, 5.41) is 33.8. The molecule has 0 saturated carbocycles. The molecule has 4 aromatic carbocycles. The van der Waals surface area contributed by atoms with Crippen molar-refractivity contribution < 1.29 is 74.7 Å². The van der Waals surface area contributed by atoms with Gasteiger partial charge in [-0.1, -0.05) is 61.7 Å². The van der Waals surface area contributed by atoms with E-state index in [1.54, 1.807) is 60.7 Å². The highest BCUT2D eigenvalue weighted by atomic mass is 19.2. The summed E-state index contributed by atoms with van der Waals surface area (Å²) in [6, 6.07) is 13.3. The van der Waals surface area contributed by atoms with Crippen molar-refractivity contribution in [1.82, 2.24) is 0 Å². The SMILES string of the molecule is C=CCc1c(F)c(F)c(C(=O)O)c(F)c1F.C=CCc1ccc(C(=O)O)cc1.C=Cc1c(F)c(F)c(C(=O)O)c(F)c1F.C=Cc1ccc(C(=O)O)cc1. The van der Waals surface area contributed by atoms with Crippen LogP contribution < -0.4 is 0 Å². The molecule has 8 nitrogen and oxygen atoms in total. The Kier molecular flexibility index (Phi) is 17.5. The van der Waals surface area contributed by atoms with Crippen molar-refractivity contribution in [3.05, 3.63) is 178 Å². The molecule has 0 bridgehead atoms. The number of carboxylic acid groups (broad SMARTS) is 4. The predicted octanol–water partition coefficient (Wildman–Crippen LogP) is 9.40. The molecular weight excluding hydrogens is 736 g/mol. The van der Waals surface area contributed by atoms with E-state index in [0.717, 1.165) is 23.6 Å². The van der Waals surface area contributed by atoms with E-state index in [1.165, 1.54) is 0 Å². The lowest BCUT2D eigenvalue weighted by Gasteiger charge is -2.07. The predicted molar refractivity (Wildman–Crippen MR) is 181 cm³/mol. The lowest BCUT2D eigenvalue weighted by Crippen LogP contribution is -2.12. The smallest absolute Gasteiger partial charge is 0.341 e. The third kappa shape index (κ3) is 11.6. The molecule has 284 valence electrons. The van der Waals surface area contributed by atoms with Gasteiger partial charge in [0.2, 0.25) is 0 Å². The summed E-state index contributed by atoms with van der Waals surface area (Å²) < 4.78 is 104. The summed E-state index contributed by atoms with van der Waals surface area (Å²) in [7, 11) is 0. The second-order valence-electron chi connectivity index (χ2n) is 10.1. The van der Waals surface area contributed by atoms with Crippen LogP contribution in [0.5, 0.6) is 0 Å². The summed E-state index contributed by atoms with van der Waals surface area (Å²) in [5.41, 5.74) is -2.58. The largest absolute Gasteiger partial charge is 0.478 e. The number of benzene rings is 4. The topological polar surface area (TPSA) is 149 Å². The highest BCUT2D eigenvalue weighted by Gasteiger charge is 2.29. The van der Waals surface area contributed by atoms with Gasteiger partial charge in [-0.3, -0.25) is 0 Å². The Hall–Kier alpha value is -6.84. The molecular formula is C38H28F8O8. The van der Waals surface area contributed by atoms with Gasteiger partial charge in [0.1, 0.15) is 11.1 Å². The molecule has 0 atom stereocenters. The molecule has 0 amide bonds. The molecule has 4 aromatic rings. The van der Waals surface area contributed by atoms with E-state index in [1.807, 2.05) is 0 Å².